The number of nitrogens with zero attached hydrogens (tertiary/aromatic N) is 8. The third-order valence-electron chi connectivity index (χ3n) is 5.84. The lowest BCUT2D eigenvalue weighted by molar-refractivity contribution is 0.416. The first kappa shape index (κ1) is 24.1. The normalized spacial score (nSPS) is 11.3. The van der Waals surface area contributed by atoms with Gasteiger partial charge in [0.2, 0.25) is 9.92 Å². The summed E-state index contributed by atoms with van der Waals surface area (Å²) >= 11 is 3.00. The minimum atomic E-state index is 0.559. The molecule has 0 aliphatic heterocycles. The second kappa shape index (κ2) is 10.6. The molecule has 4 aromatic heterocycles. The van der Waals surface area contributed by atoms with Gasteiger partial charge < -0.3 is 20.1 Å². The molecule has 2 aromatic carbocycles. The van der Waals surface area contributed by atoms with E-state index in [1.54, 1.807) is 23.3 Å². The van der Waals surface area contributed by atoms with Crippen LogP contribution < -0.4 is 20.1 Å². The van der Waals surface area contributed by atoms with Gasteiger partial charge in [0.1, 0.15) is 21.5 Å². The molecule has 6 rings (SSSR count). The van der Waals surface area contributed by atoms with Crippen molar-refractivity contribution in [3.8, 4) is 11.5 Å². The van der Waals surface area contributed by atoms with Crippen molar-refractivity contribution in [3.63, 3.8) is 0 Å². The number of fused-ring (bicyclic) bond motifs is 2. The topological polar surface area (TPSA) is 129 Å². The van der Waals surface area contributed by atoms with Gasteiger partial charge in [-0.2, -0.15) is 19.2 Å². The summed E-state index contributed by atoms with van der Waals surface area (Å²) in [6.45, 7) is 1.12. The molecule has 0 radical (unpaired) electrons. The molecule has 14 heteroatoms. The van der Waals surface area contributed by atoms with Gasteiger partial charge in [-0.3, -0.25) is 0 Å². The van der Waals surface area contributed by atoms with Crippen molar-refractivity contribution in [1.29, 1.82) is 0 Å². The quantitative estimate of drug-likeness (QED) is 0.247. The summed E-state index contributed by atoms with van der Waals surface area (Å²) in [7, 11) is 3.31. The van der Waals surface area contributed by atoms with E-state index >= 15 is 0 Å². The van der Waals surface area contributed by atoms with Crippen LogP contribution >= 0.6 is 22.7 Å². The van der Waals surface area contributed by atoms with E-state index in [0.29, 0.717) is 25.9 Å². The summed E-state index contributed by atoms with van der Waals surface area (Å²) in [4.78, 5) is 1.50. The van der Waals surface area contributed by atoms with Crippen LogP contribution in [0.2, 0.25) is 0 Å². The first-order valence-electron chi connectivity index (χ1n) is 11.9. The number of benzene rings is 2. The molecule has 0 aliphatic rings. The highest BCUT2D eigenvalue weighted by Crippen LogP contribution is 2.26. The molecule has 0 saturated carbocycles. The third-order valence-corrected chi connectivity index (χ3v) is 7.64. The lowest BCUT2D eigenvalue weighted by Crippen LogP contribution is -2.05. The van der Waals surface area contributed by atoms with Gasteiger partial charge >= 0.3 is 0 Å². The van der Waals surface area contributed by atoms with Crippen LogP contribution in [-0.2, 0) is 25.9 Å². The highest BCUT2D eigenvalue weighted by Gasteiger charge is 2.16. The first-order chi connectivity index (χ1) is 18.7. The fourth-order valence-corrected chi connectivity index (χ4v) is 5.58. The second-order valence-electron chi connectivity index (χ2n) is 8.22. The van der Waals surface area contributed by atoms with Crippen LogP contribution in [-0.4, -0.2) is 53.8 Å². The van der Waals surface area contributed by atoms with Crippen LogP contribution in [0, 0.1) is 0 Å². The summed E-state index contributed by atoms with van der Waals surface area (Å²) in [5.74, 6) is 3.11. The summed E-state index contributed by atoms with van der Waals surface area (Å²) in [5.41, 5.74) is 1.83. The Bertz CT molecular complexity index is 1560. The third kappa shape index (κ3) is 4.82. The minimum absolute atomic E-state index is 0.559. The predicted molar refractivity (Wildman–Crippen MR) is 145 cm³/mol. The molecular formula is C24H24N10O2S2. The summed E-state index contributed by atoms with van der Waals surface area (Å²) in [5, 5.41) is 35.2. The maximum atomic E-state index is 5.41. The van der Waals surface area contributed by atoms with Crippen LogP contribution in [0.15, 0.2) is 48.5 Å². The summed E-state index contributed by atoms with van der Waals surface area (Å²) in [6, 6.07) is 15.6. The molecule has 2 N–H and O–H groups in total. The Labute approximate surface area is 225 Å². The van der Waals surface area contributed by atoms with E-state index in [-0.39, 0.29) is 0 Å². The molecule has 0 aliphatic carbocycles. The number of ether oxygens (including phenoxy) is 2. The lowest BCUT2D eigenvalue weighted by atomic mass is 10.3. The maximum Gasteiger partial charge on any atom is 0.234 e. The second-order valence-corrected chi connectivity index (χ2v) is 10.3. The van der Waals surface area contributed by atoms with E-state index in [2.05, 4.69) is 31.0 Å². The predicted octanol–water partition coefficient (Wildman–Crippen LogP) is 3.71. The summed E-state index contributed by atoms with van der Waals surface area (Å²) in [6.07, 6.45) is 1.22. The highest BCUT2D eigenvalue weighted by molar-refractivity contribution is 7.17. The van der Waals surface area contributed by atoms with Gasteiger partial charge in [0, 0.05) is 12.8 Å². The van der Waals surface area contributed by atoms with Crippen LogP contribution in [0.3, 0.4) is 0 Å². The van der Waals surface area contributed by atoms with Gasteiger partial charge in [-0.15, -0.1) is 20.4 Å². The van der Waals surface area contributed by atoms with Crippen molar-refractivity contribution in [2.75, 3.05) is 24.9 Å². The van der Waals surface area contributed by atoms with E-state index in [0.717, 1.165) is 54.5 Å². The Kier molecular flexibility index (Phi) is 6.71. The maximum absolute atomic E-state index is 5.41. The van der Waals surface area contributed by atoms with Gasteiger partial charge in [-0.25, -0.2) is 0 Å². The number of hydrogen-bond acceptors (Lipinski definition) is 12. The molecule has 194 valence electrons. The zero-order chi connectivity index (χ0) is 25.9. The molecule has 0 spiro atoms. The van der Waals surface area contributed by atoms with Gasteiger partial charge in [-0.05, 0) is 24.3 Å². The number of rotatable bonds is 11. The Hall–Kier alpha value is -4.30. The van der Waals surface area contributed by atoms with Gasteiger partial charge in [0.15, 0.2) is 11.6 Å². The lowest BCUT2D eigenvalue weighted by Gasteiger charge is -2.09. The van der Waals surface area contributed by atoms with Crippen molar-refractivity contribution in [1.82, 2.24) is 39.6 Å². The number of anilines is 2. The van der Waals surface area contributed by atoms with E-state index in [1.807, 2.05) is 48.5 Å². The molecule has 4 heterocycles. The molecule has 0 amide bonds. The first-order valence-corrected chi connectivity index (χ1v) is 13.5. The van der Waals surface area contributed by atoms with Crippen LogP contribution in [0.5, 0.6) is 11.5 Å². The number of hydrogen-bond donors (Lipinski definition) is 2. The Morgan fingerprint density at radius 3 is 1.55 bits per heavy atom. The fraction of sp³-hybridized carbons (Fsp3) is 0.250. The SMILES string of the molecule is COc1ccccc1NCc1nn2c(CCc3nnc4sc(CNc5ccccc5OC)nn34)nnc2s1. The zero-order valence-electron chi connectivity index (χ0n) is 20.7. The molecule has 0 fully saturated rings. The summed E-state index contributed by atoms with van der Waals surface area (Å²) < 4.78 is 14.4. The molecule has 0 atom stereocenters. The van der Waals surface area contributed by atoms with Crippen molar-refractivity contribution in [2.24, 2.45) is 0 Å². The molecular weight excluding hydrogens is 524 g/mol. The zero-order valence-corrected chi connectivity index (χ0v) is 22.3. The number of aromatic nitrogens is 8. The average Bonchev–Trinajstić information content (AvgIpc) is 3.72. The fourth-order valence-electron chi connectivity index (χ4n) is 4.00. The Morgan fingerprint density at radius 2 is 1.11 bits per heavy atom. The molecule has 0 bridgehead atoms. The standard InChI is InChI=1S/C24H24N10O2S2/c1-35-17-9-5-3-7-15(17)25-13-21-31-33-19(27-29-23(33)37-21)11-12-20-28-30-24-34(20)32-22(38-24)14-26-16-8-4-6-10-18(16)36-2/h3-10,25-26H,11-14H2,1-2H3. The number of aryl methyl sites for hydroxylation is 2. The highest BCUT2D eigenvalue weighted by atomic mass is 32.1. The smallest absolute Gasteiger partial charge is 0.234 e. The average molecular weight is 549 g/mol. The van der Waals surface area contributed by atoms with Crippen molar-refractivity contribution in [3.05, 3.63) is 70.2 Å². The van der Waals surface area contributed by atoms with Crippen LogP contribution in [0.4, 0.5) is 11.4 Å². The molecule has 6 aromatic rings. The molecule has 0 saturated heterocycles. The monoisotopic (exact) mass is 548 g/mol. The molecule has 38 heavy (non-hydrogen) atoms. The van der Waals surface area contributed by atoms with Gasteiger partial charge in [-0.1, -0.05) is 46.9 Å². The van der Waals surface area contributed by atoms with Crippen molar-refractivity contribution >= 4 is 44.0 Å². The number of para-hydroxylation sites is 4. The van der Waals surface area contributed by atoms with Crippen molar-refractivity contribution < 1.29 is 9.47 Å². The van der Waals surface area contributed by atoms with E-state index < -0.39 is 0 Å². The van der Waals surface area contributed by atoms with E-state index in [4.69, 9.17) is 19.7 Å². The van der Waals surface area contributed by atoms with Crippen LogP contribution in [0.1, 0.15) is 21.7 Å². The Morgan fingerprint density at radius 1 is 0.658 bits per heavy atom. The molecule has 0 unspecified atom stereocenters. The number of methoxy groups -OCH3 is 2. The largest absolute Gasteiger partial charge is 0.495 e. The van der Waals surface area contributed by atoms with Crippen molar-refractivity contribution in [2.45, 2.75) is 25.9 Å². The van der Waals surface area contributed by atoms with Crippen LogP contribution in [0.25, 0.3) is 9.92 Å². The van der Waals surface area contributed by atoms with E-state index in [9.17, 15) is 0 Å². The van der Waals surface area contributed by atoms with Gasteiger partial charge in [0.25, 0.3) is 0 Å². The number of nitrogens with one attached hydrogen (secondary N) is 2. The van der Waals surface area contributed by atoms with Gasteiger partial charge in [0.05, 0.1) is 38.7 Å². The molecule has 12 nitrogen and oxygen atoms in total. The minimum Gasteiger partial charge on any atom is -0.495 e. The Balaban J connectivity index is 1.11. The van der Waals surface area contributed by atoms with E-state index in [1.165, 1.54) is 22.7 Å².